The third kappa shape index (κ3) is 5.21. The van der Waals surface area contributed by atoms with Gasteiger partial charge >= 0.3 is 0 Å². The van der Waals surface area contributed by atoms with Crippen LogP contribution in [0.15, 0.2) is 17.3 Å². The van der Waals surface area contributed by atoms with Gasteiger partial charge in [0.2, 0.25) is 0 Å². The number of nitrogens with one attached hydrogen (secondary N) is 1. The first-order valence-corrected chi connectivity index (χ1v) is 2.73. The van der Waals surface area contributed by atoms with E-state index in [2.05, 4.69) is 17.2 Å². The molecule has 0 saturated carbocycles. The maximum atomic E-state index is 3.72. The lowest BCUT2D eigenvalue weighted by Crippen LogP contribution is -1.98. The van der Waals surface area contributed by atoms with Gasteiger partial charge in [0.05, 0.1) is 6.34 Å². The van der Waals surface area contributed by atoms with Gasteiger partial charge < -0.3 is 5.32 Å². The Hall–Kier alpha value is -0.790. The molecule has 0 radical (unpaired) electrons. The summed E-state index contributed by atoms with van der Waals surface area (Å²) in [7, 11) is 1.73. The maximum absolute atomic E-state index is 3.72. The molecule has 8 heavy (non-hydrogen) atoms. The van der Waals surface area contributed by atoms with Crippen molar-refractivity contribution in [3.05, 3.63) is 12.3 Å². The van der Waals surface area contributed by atoms with Gasteiger partial charge in [0, 0.05) is 7.05 Å². The van der Waals surface area contributed by atoms with Crippen LogP contribution >= 0.6 is 0 Å². The van der Waals surface area contributed by atoms with Crippen molar-refractivity contribution in [3.63, 3.8) is 0 Å². The fourth-order valence-corrected chi connectivity index (χ4v) is 0.303. The van der Waals surface area contributed by atoms with Crippen molar-refractivity contribution in [1.82, 2.24) is 5.32 Å². The average molecular weight is 112 g/mol. The zero-order chi connectivity index (χ0) is 6.24. The second-order valence-corrected chi connectivity index (χ2v) is 1.36. The van der Waals surface area contributed by atoms with Gasteiger partial charge in [0.25, 0.3) is 0 Å². The molecule has 2 nitrogen and oxygen atoms in total. The van der Waals surface area contributed by atoms with Gasteiger partial charge in [-0.05, 0) is 12.6 Å². The highest BCUT2D eigenvalue weighted by molar-refractivity contribution is 5.55. The molecule has 0 saturated heterocycles. The summed E-state index contributed by atoms with van der Waals surface area (Å²) in [5, 5.41) is 2.86. The predicted octanol–water partition coefficient (Wildman–Crippen LogP) is 1.16. The largest absolute Gasteiger partial charge is 0.353 e. The van der Waals surface area contributed by atoms with Crippen LogP contribution < -0.4 is 5.32 Å². The van der Waals surface area contributed by atoms with Gasteiger partial charge in [-0.15, -0.1) is 0 Å². The first-order valence-electron chi connectivity index (χ1n) is 2.73. The molecule has 0 heterocycles. The quantitative estimate of drug-likeness (QED) is 0.430. The van der Waals surface area contributed by atoms with Gasteiger partial charge in [-0.2, -0.15) is 0 Å². The number of nitrogens with zero attached hydrogens (tertiary/aromatic N) is 1. The van der Waals surface area contributed by atoms with Crippen molar-refractivity contribution in [1.29, 1.82) is 0 Å². The van der Waals surface area contributed by atoms with E-state index in [9.17, 15) is 0 Å². The Kier molecular flexibility index (Phi) is 5.60. The molecule has 0 aromatic heterocycles. The predicted molar refractivity (Wildman–Crippen MR) is 37.0 cm³/mol. The summed E-state index contributed by atoms with van der Waals surface area (Å²) in [6, 6.07) is 0. The third-order valence-electron chi connectivity index (χ3n) is 0.653. The Morgan fingerprint density at radius 2 is 2.38 bits per heavy atom. The van der Waals surface area contributed by atoms with Crippen LogP contribution in [0, 0.1) is 0 Å². The number of aliphatic imine (C=N–C) groups is 1. The van der Waals surface area contributed by atoms with E-state index in [0.717, 1.165) is 6.42 Å². The fourth-order valence-electron chi connectivity index (χ4n) is 0.303. The van der Waals surface area contributed by atoms with Crippen LogP contribution in [0.1, 0.15) is 13.3 Å². The van der Waals surface area contributed by atoms with Gasteiger partial charge in [0.15, 0.2) is 0 Å². The first kappa shape index (κ1) is 7.21. The van der Waals surface area contributed by atoms with Crippen molar-refractivity contribution in [2.24, 2.45) is 4.99 Å². The lowest BCUT2D eigenvalue weighted by atomic mass is 10.5. The molecule has 0 atom stereocenters. The van der Waals surface area contributed by atoms with Crippen molar-refractivity contribution in [3.8, 4) is 0 Å². The van der Waals surface area contributed by atoms with E-state index in [0.29, 0.717) is 0 Å². The number of rotatable bonds is 3. The summed E-state index contributed by atoms with van der Waals surface area (Å²) in [6.07, 6.45) is 6.60. The van der Waals surface area contributed by atoms with E-state index in [1.807, 2.05) is 12.3 Å². The Bertz CT molecular complexity index is 84.5. The third-order valence-corrected chi connectivity index (χ3v) is 0.653. The molecule has 0 aliphatic heterocycles. The van der Waals surface area contributed by atoms with E-state index >= 15 is 0 Å². The van der Waals surface area contributed by atoms with E-state index in [1.165, 1.54) is 0 Å². The fraction of sp³-hybridized carbons (Fsp3) is 0.500. The average Bonchev–Trinajstić information content (AvgIpc) is 1.81. The zero-order valence-electron chi connectivity index (χ0n) is 5.39. The number of hydrogen-bond acceptors (Lipinski definition) is 1. The second kappa shape index (κ2) is 6.21. The molecule has 0 aliphatic carbocycles. The number of allylic oxidation sites excluding steroid dienone is 1. The minimum absolute atomic E-state index is 1.06. The summed E-state index contributed by atoms with van der Waals surface area (Å²) in [5.74, 6) is 0. The SMILES string of the molecule is CC/C=C\NC=NC. The molecule has 0 aliphatic rings. The van der Waals surface area contributed by atoms with Crippen LogP contribution in [0.25, 0.3) is 0 Å². The summed E-state index contributed by atoms with van der Waals surface area (Å²) < 4.78 is 0. The molecule has 0 aromatic rings. The Balaban J connectivity index is 3.03. The minimum atomic E-state index is 1.06. The molecule has 0 aromatic carbocycles. The van der Waals surface area contributed by atoms with Crippen LogP contribution in [0.5, 0.6) is 0 Å². The van der Waals surface area contributed by atoms with E-state index in [-0.39, 0.29) is 0 Å². The highest BCUT2D eigenvalue weighted by atomic mass is 14.9. The van der Waals surface area contributed by atoms with E-state index in [4.69, 9.17) is 0 Å². The number of hydrogen-bond donors (Lipinski definition) is 1. The smallest absolute Gasteiger partial charge is 0.0859 e. The van der Waals surface area contributed by atoms with Crippen LogP contribution in [0.3, 0.4) is 0 Å². The lowest BCUT2D eigenvalue weighted by Gasteiger charge is -1.83. The van der Waals surface area contributed by atoms with E-state index in [1.54, 1.807) is 13.4 Å². The van der Waals surface area contributed by atoms with Gasteiger partial charge in [0.1, 0.15) is 0 Å². The van der Waals surface area contributed by atoms with Gasteiger partial charge in [-0.25, -0.2) is 0 Å². The van der Waals surface area contributed by atoms with Gasteiger partial charge in [-0.3, -0.25) is 4.99 Å². The summed E-state index contributed by atoms with van der Waals surface area (Å²) in [4.78, 5) is 3.72. The minimum Gasteiger partial charge on any atom is -0.353 e. The molecule has 1 N–H and O–H groups in total. The molecule has 0 amide bonds. The normalized spacial score (nSPS) is 11.2. The topological polar surface area (TPSA) is 24.4 Å². The first-order chi connectivity index (χ1) is 3.91. The van der Waals surface area contributed by atoms with Crippen LogP contribution in [-0.4, -0.2) is 13.4 Å². The molecule has 0 rings (SSSR count). The summed E-state index contributed by atoms with van der Waals surface area (Å²) in [6.45, 7) is 2.08. The van der Waals surface area contributed by atoms with Crippen molar-refractivity contribution in [2.75, 3.05) is 7.05 Å². The Labute approximate surface area is 50.3 Å². The Morgan fingerprint density at radius 3 is 2.88 bits per heavy atom. The molecule has 2 heteroatoms. The van der Waals surface area contributed by atoms with Crippen molar-refractivity contribution < 1.29 is 0 Å². The monoisotopic (exact) mass is 112 g/mol. The molecular formula is C6H12N2. The highest BCUT2D eigenvalue weighted by Gasteiger charge is 1.62. The highest BCUT2D eigenvalue weighted by Crippen LogP contribution is 1.72. The standard InChI is InChI=1S/C6H12N2/c1-3-4-5-8-6-7-2/h4-6H,3H2,1-2H3,(H,7,8)/b5-4-. The molecule has 0 fully saturated rings. The maximum Gasteiger partial charge on any atom is 0.0859 e. The summed E-state index contributed by atoms with van der Waals surface area (Å²) in [5.41, 5.74) is 0. The second-order valence-electron chi connectivity index (χ2n) is 1.36. The van der Waals surface area contributed by atoms with E-state index < -0.39 is 0 Å². The van der Waals surface area contributed by atoms with Crippen LogP contribution in [-0.2, 0) is 0 Å². The summed E-state index contributed by atoms with van der Waals surface area (Å²) >= 11 is 0. The molecule has 0 spiro atoms. The zero-order valence-corrected chi connectivity index (χ0v) is 5.39. The molecule has 0 unspecified atom stereocenters. The van der Waals surface area contributed by atoms with Crippen molar-refractivity contribution in [2.45, 2.75) is 13.3 Å². The molecule has 46 valence electrons. The molecular weight excluding hydrogens is 100 g/mol. The van der Waals surface area contributed by atoms with Gasteiger partial charge in [-0.1, -0.05) is 13.0 Å². The van der Waals surface area contributed by atoms with Crippen molar-refractivity contribution >= 4 is 6.34 Å². The van der Waals surface area contributed by atoms with Crippen LogP contribution in [0.2, 0.25) is 0 Å². The Morgan fingerprint density at radius 1 is 1.62 bits per heavy atom. The van der Waals surface area contributed by atoms with Crippen LogP contribution in [0.4, 0.5) is 0 Å². The molecule has 0 bridgehead atoms. The lowest BCUT2D eigenvalue weighted by molar-refractivity contribution is 1.18.